The van der Waals surface area contributed by atoms with Crippen molar-refractivity contribution in [3.8, 4) is 5.75 Å². The molecule has 0 radical (unpaired) electrons. The van der Waals surface area contributed by atoms with Gasteiger partial charge in [0.05, 0.1) is 24.8 Å². The number of aryl methyl sites for hydroxylation is 1. The normalized spacial score (nSPS) is 22.4. The van der Waals surface area contributed by atoms with E-state index in [1.54, 1.807) is 30.2 Å². The Morgan fingerprint density at radius 2 is 1.91 bits per heavy atom. The highest BCUT2D eigenvalue weighted by atomic mass is 16.5. The smallest absolute Gasteiger partial charge is 0.295 e. The highest BCUT2D eigenvalue weighted by Gasteiger charge is 2.47. The number of hydrogen-bond acceptors (Lipinski definition) is 5. The molecule has 4 rings (SSSR count). The van der Waals surface area contributed by atoms with Gasteiger partial charge in [-0.25, -0.2) is 0 Å². The summed E-state index contributed by atoms with van der Waals surface area (Å²) >= 11 is 0. The summed E-state index contributed by atoms with van der Waals surface area (Å²) in [6.07, 6.45) is 1.68. The molecule has 174 valence electrons. The SMILES string of the molecule is COc1ccc(/C(O)=C2/C(=O)C(=O)N(CC3CCCO3)C2c2ccc(C(C)C)cc2)c(C)c1. The lowest BCUT2D eigenvalue weighted by atomic mass is 9.92. The van der Waals surface area contributed by atoms with Crippen molar-refractivity contribution in [3.05, 3.63) is 70.3 Å². The van der Waals surface area contributed by atoms with E-state index >= 15 is 0 Å². The monoisotopic (exact) mass is 449 g/mol. The van der Waals surface area contributed by atoms with Gasteiger partial charge in [0.2, 0.25) is 0 Å². The first-order valence-corrected chi connectivity index (χ1v) is 11.5. The van der Waals surface area contributed by atoms with Crippen molar-refractivity contribution in [2.24, 2.45) is 0 Å². The molecule has 2 unspecified atom stereocenters. The van der Waals surface area contributed by atoms with Crippen LogP contribution in [0.15, 0.2) is 48.0 Å². The molecule has 0 spiro atoms. The number of amides is 1. The Balaban J connectivity index is 1.83. The van der Waals surface area contributed by atoms with Crippen molar-refractivity contribution in [2.75, 3.05) is 20.3 Å². The Hall–Kier alpha value is -3.12. The first-order valence-electron chi connectivity index (χ1n) is 11.5. The highest BCUT2D eigenvalue weighted by molar-refractivity contribution is 6.46. The second-order valence-corrected chi connectivity index (χ2v) is 9.09. The minimum absolute atomic E-state index is 0.108. The van der Waals surface area contributed by atoms with Crippen LogP contribution < -0.4 is 4.74 Å². The molecule has 6 nitrogen and oxygen atoms in total. The van der Waals surface area contributed by atoms with Crippen molar-refractivity contribution in [3.63, 3.8) is 0 Å². The number of ketones is 1. The number of likely N-dealkylation sites (tertiary alicyclic amines) is 1. The third-order valence-corrected chi connectivity index (χ3v) is 6.57. The number of rotatable bonds is 6. The second kappa shape index (κ2) is 9.40. The number of hydrogen-bond donors (Lipinski definition) is 1. The summed E-state index contributed by atoms with van der Waals surface area (Å²) in [6.45, 7) is 7.05. The summed E-state index contributed by atoms with van der Waals surface area (Å²) in [4.78, 5) is 27.9. The largest absolute Gasteiger partial charge is 0.507 e. The van der Waals surface area contributed by atoms with E-state index in [-0.39, 0.29) is 17.4 Å². The van der Waals surface area contributed by atoms with Gasteiger partial charge in [-0.1, -0.05) is 38.1 Å². The average Bonchev–Trinajstić information content (AvgIpc) is 3.41. The molecule has 2 aromatic carbocycles. The van der Waals surface area contributed by atoms with E-state index in [9.17, 15) is 14.7 Å². The van der Waals surface area contributed by atoms with Crippen LogP contribution in [-0.2, 0) is 14.3 Å². The molecule has 2 atom stereocenters. The van der Waals surface area contributed by atoms with Gasteiger partial charge in [-0.2, -0.15) is 0 Å². The summed E-state index contributed by atoms with van der Waals surface area (Å²) in [5, 5.41) is 11.3. The lowest BCUT2D eigenvalue weighted by molar-refractivity contribution is -0.140. The number of nitrogens with zero attached hydrogens (tertiary/aromatic N) is 1. The summed E-state index contributed by atoms with van der Waals surface area (Å²) in [5.74, 6) is -0.418. The van der Waals surface area contributed by atoms with Crippen LogP contribution in [0.4, 0.5) is 0 Å². The van der Waals surface area contributed by atoms with Crippen LogP contribution in [0.5, 0.6) is 5.75 Å². The Kier molecular flexibility index (Phi) is 6.56. The minimum Gasteiger partial charge on any atom is -0.507 e. The van der Waals surface area contributed by atoms with Crippen LogP contribution in [0.2, 0.25) is 0 Å². The first-order chi connectivity index (χ1) is 15.8. The third kappa shape index (κ3) is 4.40. The fourth-order valence-electron chi connectivity index (χ4n) is 4.66. The van der Waals surface area contributed by atoms with Gasteiger partial charge in [0.25, 0.3) is 11.7 Å². The maximum Gasteiger partial charge on any atom is 0.295 e. The van der Waals surface area contributed by atoms with Gasteiger partial charge in [-0.3, -0.25) is 9.59 Å². The van der Waals surface area contributed by atoms with Crippen LogP contribution in [0, 0.1) is 6.92 Å². The molecule has 2 aromatic rings. The molecule has 2 aliphatic heterocycles. The maximum atomic E-state index is 13.2. The van der Waals surface area contributed by atoms with E-state index in [4.69, 9.17) is 9.47 Å². The van der Waals surface area contributed by atoms with Crippen molar-refractivity contribution in [1.82, 2.24) is 4.90 Å². The zero-order valence-electron chi connectivity index (χ0n) is 19.6. The molecular weight excluding hydrogens is 418 g/mol. The van der Waals surface area contributed by atoms with Gasteiger partial charge in [-0.15, -0.1) is 0 Å². The molecule has 2 saturated heterocycles. The quantitative estimate of drug-likeness (QED) is 0.392. The van der Waals surface area contributed by atoms with E-state index in [0.717, 1.165) is 24.0 Å². The fourth-order valence-corrected chi connectivity index (χ4v) is 4.66. The summed E-state index contributed by atoms with van der Waals surface area (Å²) in [5.41, 5.74) is 3.34. The van der Waals surface area contributed by atoms with Crippen LogP contribution in [0.3, 0.4) is 0 Å². The second-order valence-electron chi connectivity index (χ2n) is 9.09. The number of ether oxygens (including phenoxy) is 2. The van der Waals surface area contributed by atoms with Crippen molar-refractivity contribution in [2.45, 2.75) is 51.7 Å². The molecule has 2 heterocycles. The van der Waals surface area contributed by atoms with Crippen molar-refractivity contribution >= 4 is 17.4 Å². The van der Waals surface area contributed by atoms with Crippen molar-refractivity contribution < 1.29 is 24.2 Å². The predicted molar refractivity (Wildman–Crippen MR) is 126 cm³/mol. The van der Waals surface area contributed by atoms with Crippen LogP contribution in [0.25, 0.3) is 5.76 Å². The number of aliphatic hydroxyl groups excluding tert-OH is 1. The number of carbonyl (C=O) groups excluding carboxylic acids is 2. The van der Waals surface area contributed by atoms with Gasteiger partial charge >= 0.3 is 0 Å². The first kappa shape index (κ1) is 23.1. The number of Topliss-reactive ketones (excluding diaryl/α,β-unsaturated/α-hetero) is 1. The average molecular weight is 450 g/mol. The lowest BCUT2D eigenvalue weighted by Crippen LogP contribution is -2.36. The van der Waals surface area contributed by atoms with Crippen LogP contribution in [-0.4, -0.2) is 48.1 Å². The predicted octanol–water partition coefficient (Wildman–Crippen LogP) is 4.73. The van der Waals surface area contributed by atoms with E-state index in [2.05, 4.69) is 13.8 Å². The zero-order valence-corrected chi connectivity index (χ0v) is 19.6. The molecule has 1 N–H and O–H groups in total. The number of benzene rings is 2. The van der Waals surface area contributed by atoms with E-state index < -0.39 is 17.7 Å². The fraction of sp³-hybridized carbons (Fsp3) is 0.407. The minimum atomic E-state index is -0.670. The maximum absolute atomic E-state index is 13.2. The van der Waals surface area contributed by atoms with Gasteiger partial charge < -0.3 is 19.5 Å². The van der Waals surface area contributed by atoms with Gasteiger partial charge in [-0.05, 0) is 60.6 Å². The Labute approximate surface area is 194 Å². The molecule has 2 aliphatic rings. The Bertz CT molecular complexity index is 1080. The molecule has 0 aromatic heterocycles. The molecule has 2 fully saturated rings. The number of methoxy groups -OCH3 is 1. The zero-order chi connectivity index (χ0) is 23.7. The molecule has 6 heteroatoms. The summed E-state index contributed by atoms with van der Waals surface area (Å²) in [6, 6.07) is 12.5. The molecule has 0 aliphatic carbocycles. The summed E-state index contributed by atoms with van der Waals surface area (Å²) < 4.78 is 11.0. The molecule has 33 heavy (non-hydrogen) atoms. The molecule has 1 amide bonds. The Morgan fingerprint density at radius 1 is 1.18 bits per heavy atom. The molecular formula is C27H31NO5. The van der Waals surface area contributed by atoms with E-state index in [0.29, 0.717) is 30.4 Å². The lowest BCUT2D eigenvalue weighted by Gasteiger charge is -2.28. The van der Waals surface area contributed by atoms with Crippen LogP contribution >= 0.6 is 0 Å². The van der Waals surface area contributed by atoms with Gasteiger partial charge in [0.15, 0.2) is 0 Å². The van der Waals surface area contributed by atoms with E-state index in [1.807, 2.05) is 31.2 Å². The van der Waals surface area contributed by atoms with Gasteiger partial charge in [0.1, 0.15) is 11.5 Å². The summed E-state index contributed by atoms with van der Waals surface area (Å²) in [7, 11) is 1.58. The van der Waals surface area contributed by atoms with E-state index in [1.165, 1.54) is 5.56 Å². The topological polar surface area (TPSA) is 76.1 Å². The highest BCUT2D eigenvalue weighted by Crippen LogP contribution is 2.41. The number of aliphatic hydroxyl groups is 1. The van der Waals surface area contributed by atoms with Crippen molar-refractivity contribution in [1.29, 1.82) is 0 Å². The molecule has 0 saturated carbocycles. The standard InChI is InChI=1S/C27H31NO5/c1-16(2)18-7-9-19(10-8-18)24-23(25(29)22-12-11-20(32-4)14-17(22)3)26(30)27(31)28(24)15-21-6-5-13-33-21/h7-12,14,16,21,24,29H,5-6,13,15H2,1-4H3/b25-23-. The molecule has 0 bridgehead atoms. The van der Waals surface area contributed by atoms with Crippen LogP contribution in [0.1, 0.15) is 60.9 Å². The Morgan fingerprint density at radius 3 is 2.48 bits per heavy atom. The third-order valence-electron chi connectivity index (χ3n) is 6.57. The number of carbonyl (C=O) groups is 2. The van der Waals surface area contributed by atoms with Gasteiger partial charge in [0, 0.05) is 18.7 Å².